The van der Waals surface area contributed by atoms with Crippen molar-refractivity contribution >= 4 is 50.8 Å². The van der Waals surface area contributed by atoms with Crippen LogP contribution >= 0.6 is 11.8 Å². The van der Waals surface area contributed by atoms with Crippen molar-refractivity contribution in [1.82, 2.24) is 4.31 Å². The van der Waals surface area contributed by atoms with Crippen LogP contribution in [-0.2, 0) is 16.6 Å². The average Bonchev–Trinajstić information content (AvgIpc) is 2.82. The van der Waals surface area contributed by atoms with E-state index in [2.05, 4.69) is 10.6 Å². The van der Waals surface area contributed by atoms with Gasteiger partial charge in [0, 0.05) is 22.8 Å². The largest absolute Gasteiger partial charge is 0.397 e. The molecule has 0 radical (unpaired) electrons. The van der Waals surface area contributed by atoms with Gasteiger partial charge in [0.15, 0.2) is 0 Å². The van der Waals surface area contributed by atoms with Crippen LogP contribution in [0, 0.1) is 0 Å². The van der Waals surface area contributed by atoms with E-state index < -0.39 is 16.1 Å². The van der Waals surface area contributed by atoms with Crippen molar-refractivity contribution in [2.75, 3.05) is 28.7 Å². The molecular formula is C23H23N5O4S2. The number of hydrogen-bond donors (Lipinski definition) is 4. The molecule has 1 aliphatic heterocycles. The summed E-state index contributed by atoms with van der Waals surface area (Å²) in [5.41, 5.74) is 13.5. The van der Waals surface area contributed by atoms with Crippen LogP contribution in [0.5, 0.6) is 0 Å². The Hall–Kier alpha value is -3.54. The summed E-state index contributed by atoms with van der Waals surface area (Å²) in [6, 6.07) is 17.4. The number of thioether (sulfide) groups is 1. The van der Waals surface area contributed by atoms with Gasteiger partial charge in [-0.15, -0.1) is 11.8 Å². The third-order valence-corrected chi connectivity index (χ3v) is 7.92. The monoisotopic (exact) mass is 497 g/mol. The fourth-order valence-corrected chi connectivity index (χ4v) is 5.67. The summed E-state index contributed by atoms with van der Waals surface area (Å²) < 4.78 is 27.2. The minimum absolute atomic E-state index is 0.0329. The quantitative estimate of drug-likeness (QED) is 0.289. The number of rotatable bonds is 7. The number of hydrogen-bond acceptors (Lipinski definition) is 7. The molecule has 0 spiro atoms. The van der Waals surface area contributed by atoms with Crippen molar-refractivity contribution in [2.45, 2.75) is 16.3 Å². The van der Waals surface area contributed by atoms with Gasteiger partial charge in [0.1, 0.15) is 4.90 Å². The number of nitrogen functional groups attached to an aromatic ring is 1. The van der Waals surface area contributed by atoms with Crippen molar-refractivity contribution < 1.29 is 18.0 Å². The highest BCUT2D eigenvalue weighted by Crippen LogP contribution is 2.34. The normalized spacial score (nSPS) is 14.3. The number of urea groups is 1. The van der Waals surface area contributed by atoms with Crippen LogP contribution in [0.2, 0.25) is 0 Å². The number of carbonyl (C=O) groups is 2. The zero-order valence-corrected chi connectivity index (χ0v) is 19.7. The van der Waals surface area contributed by atoms with Gasteiger partial charge in [0.05, 0.1) is 23.6 Å². The number of benzene rings is 3. The number of anilines is 3. The molecular weight excluding hydrogens is 474 g/mol. The first-order valence-corrected chi connectivity index (χ1v) is 12.8. The first kappa shape index (κ1) is 23.6. The summed E-state index contributed by atoms with van der Waals surface area (Å²) >= 11 is 1.44. The van der Waals surface area contributed by atoms with Crippen molar-refractivity contribution in [2.24, 2.45) is 5.73 Å². The maximum Gasteiger partial charge on any atom is 0.336 e. The molecule has 176 valence electrons. The third kappa shape index (κ3) is 4.86. The van der Waals surface area contributed by atoms with E-state index in [9.17, 15) is 18.0 Å². The topological polar surface area (TPSA) is 148 Å². The molecule has 4 rings (SSSR count). The van der Waals surface area contributed by atoms with Gasteiger partial charge >= 0.3 is 6.03 Å². The SMILES string of the molecule is NCCSc1ccc2c(c1)S(=O)(=O)N(Cc1ccc(C(=O)Nc3ccccc3N)cc1)C(=O)N2. The lowest BCUT2D eigenvalue weighted by molar-refractivity contribution is 0.102. The second-order valence-corrected chi connectivity index (χ2v) is 10.5. The van der Waals surface area contributed by atoms with Gasteiger partial charge < -0.3 is 22.1 Å². The van der Waals surface area contributed by atoms with E-state index in [1.807, 2.05) is 0 Å². The van der Waals surface area contributed by atoms with Gasteiger partial charge in [0.25, 0.3) is 15.9 Å². The standard InChI is InChI=1S/C23H23N5O4S2/c24-11-12-33-17-9-10-20-21(13-17)34(31,32)28(23(30)27-20)14-15-5-7-16(8-6-15)22(29)26-19-4-2-1-3-18(19)25/h1-10,13H,11-12,14,24-25H2,(H,26,29)(H,27,30). The van der Waals surface area contributed by atoms with Gasteiger partial charge in [-0.1, -0.05) is 24.3 Å². The Labute approximate surface area is 201 Å². The molecule has 11 heteroatoms. The van der Waals surface area contributed by atoms with Crippen molar-refractivity contribution in [3.63, 3.8) is 0 Å². The van der Waals surface area contributed by atoms with Gasteiger partial charge in [-0.3, -0.25) is 4.79 Å². The molecule has 9 nitrogen and oxygen atoms in total. The lowest BCUT2D eigenvalue weighted by atomic mass is 10.1. The first-order valence-electron chi connectivity index (χ1n) is 10.3. The summed E-state index contributed by atoms with van der Waals surface area (Å²) in [7, 11) is -4.07. The van der Waals surface area contributed by atoms with Crippen LogP contribution in [-0.4, -0.2) is 37.0 Å². The van der Waals surface area contributed by atoms with Crippen LogP contribution < -0.4 is 22.1 Å². The number of nitrogens with two attached hydrogens (primary N) is 2. The second kappa shape index (κ2) is 9.75. The Kier molecular flexibility index (Phi) is 6.77. The van der Waals surface area contributed by atoms with E-state index in [0.717, 1.165) is 9.20 Å². The summed E-state index contributed by atoms with van der Waals surface area (Å²) in [5.74, 6) is 0.287. The Morgan fingerprint density at radius 1 is 1.06 bits per heavy atom. The van der Waals surface area contributed by atoms with Crippen molar-refractivity contribution in [3.05, 3.63) is 77.9 Å². The highest BCUT2D eigenvalue weighted by molar-refractivity contribution is 7.99. The molecule has 3 aromatic carbocycles. The van der Waals surface area contributed by atoms with Crippen molar-refractivity contribution in [3.8, 4) is 0 Å². The average molecular weight is 498 g/mol. The summed E-state index contributed by atoms with van der Waals surface area (Å²) in [4.78, 5) is 25.9. The smallest absolute Gasteiger partial charge is 0.336 e. The zero-order valence-electron chi connectivity index (χ0n) is 18.0. The number of carbonyl (C=O) groups excluding carboxylic acids is 2. The molecule has 6 N–H and O–H groups in total. The Balaban J connectivity index is 1.52. The highest BCUT2D eigenvalue weighted by atomic mass is 32.2. The number of amides is 3. The highest BCUT2D eigenvalue weighted by Gasteiger charge is 2.36. The Morgan fingerprint density at radius 2 is 1.79 bits per heavy atom. The van der Waals surface area contributed by atoms with Crippen LogP contribution in [0.15, 0.2) is 76.5 Å². The molecule has 0 saturated heterocycles. The fraction of sp³-hybridized carbons (Fsp3) is 0.130. The van der Waals surface area contributed by atoms with Crippen LogP contribution in [0.4, 0.5) is 21.9 Å². The van der Waals surface area contributed by atoms with E-state index >= 15 is 0 Å². The van der Waals surface area contributed by atoms with E-state index in [1.165, 1.54) is 11.8 Å². The number of sulfonamides is 1. The lowest BCUT2D eigenvalue weighted by Crippen LogP contribution is -2.43. The fourth-order valence-electron chi connectivity index (χ4n) is 3.38. The number of nitrogens with zero attached hydrogens (tertiary/aromatic N) is 1. The molecule has 0 unspecified atom stereocenters. The van der Waals surface area contributed by atoms with Gasteiger partial charge in [-0.2, -0.15) is 0 Å². The molecule has 0 atom stereocenters. The number of para-hydroxylation sites is 2. The van der Waals surface area contributed by atoms with E-state index in [4.69, 9.17) is 11.5 Å². The van der Waals surface area contributed by atoms with E-state index in [0.29, 0.717) is 34.8 Å². The maximum atomic E-state index is 13.2. The van der Waals surface area contributed by atoms with Gasteiger partial charge in [-0.25, -0.2) is 17.5 Å². The molecule has 3 aromatic rings. The van der Waals surface area contributed by atoms with Crippen LogP contribution in [0.1, 0.15) is 15.9 Å². The van der Waals surface area contributed by atoms with Gasteiger partial charge in [-0.05, 0) is 48.0 Å². The molecule has 0 aromatic heterocycles. The van der Waals surface area contributed by atoms with Crippen molar-refractivity contribution in [1.29, 1.82) is 0 Å². The Morgan fingerprint density at radius 3 is 2.50 bits per heavy atom. The first-order chi connectivity index (χ1) is 16.3. The lowest BCUT2D eigenvalue weighted by Gasteiger charge is -2.29. The number of fused-ring (bicyclic) bond motifs is 1. The van der Waals surface area contributed by atoms with Crippen LogP contribution in [0.25, 0.3) is 0 Å². The molecule has 0 saturated carbocycles. The molecule has 3 amide bonds. The van der Waals surface area contributed by atoms with E-state index in [-0.39, 0.29) is 23.0 Å². The molecule has 0 aliphatic carbocycles. The van der Waals surface area contributed by atoms with Crippen LogP contribution in [0.3, 0.4) is 0 Å². The third-order valence-electron chi connectivity index (χ3n) is 5.13. The minimum Gasteiger partial charge on any atom is -0.397 e. The second-order valence-electron chi connectivity index (χ2n) is 7.48. The molecule has 1 heterocycles. The minimum atomic E-state index is -4.07. The Bertz CT molecular complexity index is 1340. The summed E-state index contributed by atoms with van der Waals surface area (Å²) in [6.07, 6.45) is 0. The maximum absolute atomic E-state index is 13.2. The zero-order chi connectivity index (χ0) is 24.3. The van der Waals surface area contributed by atoms with E-state index in [1.54, 1.807) is 66.7 Å². The number of nitrogens with one attached hydrogen (secondary N) is 2. The molecule has 0 bridgehead atoms. The summed E-state index contributed by atoms with van der Waals surface area (Å²) in [6.45, 7) is 0.283. The predicted molar refractivity (Wildman–Crippen MR) is 133 cm³/mol. The molecule has 34 heavy (non-hydrogen) atoms. The molecule has 0 fully saturated rings. The predicted octanol–water partition coefficient (Wildman–Crippen LogP) is 3.31. The molecule has 1 aliphatic rings. The van der Waals surface area contributed by atoms with Gasteiger partial charge in [0.2, 0.25) is 0 Å². The summed E-state index contributed by atoms with van der Waals surface area (Å²) in [5, 5.41) is 5.36.